The average molecular weight is 408 g/mol. The first-order valence-electron chi connectivity index (χ1n) is 7.94. The number of nitrogens with zero attached hydrogens (tertiary/aromatic N) is 1. The van der Waals surface area contributed by atoms with Crippen LogP contribution in [0.1, 0.15) is 11.1 Å². The van der Waals surface area contributed by atoms with Crippen LogP contribution in [0, 0.1) is 6.92 Å². The molecule has 0 atom stereocenters. The first kappa shape index (κ1) is 19.4. The van der Waals surface area contributed by atoms with E-state index in [2.05, 4.69) is 10.3 Å². The lowest BCUT2D eigenvalue weighted by atomic mass is 10.1. The van der Waals surface area contributed by atoms with Crippen molar-refractivity contribution in [2.45, 2.75) is 17.4 Å². The predicted octanol–water partition coefficient (Wildman–Crippen LogP) is 5.87. The van der Waals surface area contributed by atoms with E-state index in [0.717, 1.165) is 22.9 Å². The molecule has 0 fully saturated rings. The van der Waals surface area contributed by atoms with Gasteiger partial charge in [0.2, 0.25) is 5.91 Å². The Bertz CT molecular complexity index is 937. The van der Waals surface area contributed by atoms with Gasteiger partial charge in [-0.15, -0.1) is 11.3 Å². The van der Waals surface area contributed by atoms with Crippen LogP contribution in [0.15, 0.2) is 58.3 Å². The number of aromatic nitrogens is 1. The second-order valence-corrected chi connectivity index (χ2v) is 7.83. The lowest BCUT2D eigenvalue weighted by molar-refractivity contribution is -0.137. The molecule has 0 aliphatic heterocycles. The number of hydrogen-bond donors (Lipinski definition) is 1. The highest BCUT2D eigenvalue weighted by Gasteiger charge is 2.33. The van der Waals surface area contributed by atoms with Crippen molar-refractivity contribution in [3.05, 3.63) is 65.0 Å². The molecule has 1 aromatic heterocycles. The van der Waals surface area contributed by atoms with Gasteiger partial charge < -0.3 is 5.32 Å². The molecule has 1 heterocycles. The maximum atomic E-state index is 13.0. The molecule has 0 spiro atoms. The third-order valence-electron chi connectivity index (χ3n) is 3.66. The maximum Gasteiger partial charge on any atom is 0.418 e. The summed E-state index contributed by atoms with van der Waals surface area (Å²) in [5, 5.41) is 4.22. The van der Waals surface area contributed by atoms with Crippen molar-refractivity contribution in [2.75, 3.05) is 11.1 Å². The van der Waals surface area contributed by atoms with Gasteiger partial charge in [-0.1, -0.05) is 53.7 Å². The third-order valence-corrected chi connectivity index (χ3v) is 5.68. The lowest BCUT2D eigenvalue weighted by Crippen LogP contribution is -2.18. The molecular weight excluding hydrogens is 393 g/mol. The minimum absolute atomic E-state index is 0.0208. The van der Waals surface area contributed by atoms with E-state index in [1.165, 1.54) is 41.3 Å². The van der Waals surface area contributed by atoms with Crippen LogP contribution in [0.5, 0.6) is 0 Å². The number of rotatable bonds is 5. The number of carbonyl (C=O) groups excluding carboxylic acids is 1. The molecule has 3 rings (SSSR count). The van der Waals surface area contributed by atoms with Gasteiger partial charge >= 0.3 is 6.18 Å². The topological polar surface area (TPSA) is 42.0 Å². The molecule has 3 aromatic rings. The summed E-state index contributed by atoms with van der Waals surface area (Å²) >= 11 is 2.59. The second kappa shape index (κ2) is 8.14. The molecule has 0 unspecified atom stereocenters. The standard InChI is InChI=1S/C19H15F3N2OS2/c1-12-6-8-13(9-7-12)16-10-26-18(24-16)27-11-17(25)23-15-5-3-2-4-14(15)19(20,21)22/h2-10H,11H2,1H3,(H,23,25). The van der Waals surface area contributed by atoms with Gasteiger partial charge in [0.25, 0.3) is 0 Å². The molecular formula is C19H15F3N2OS2. The number of nitrogens with one attached hydrogen (secondary N) is 1. The number of benzene rings is 2. The van der Waals surface area contributed by atoms with E-state index in [1.54, 1.807) is 0 Å². The van der Waals surface area contributed by atoms with Gasteiger partial charge in [-0.25, -0.2) is 4.98 Å². The number of aryl methyl sites for hydroxylation is 1. The minimum atomic E-state index is -4.52. The van der Waals surface area contributed by atoms with E-state index < -0.39 is 17.6 Å². The van der Waals surface area contributed by atoms with E-state index in [1.807, 2.05) is 36.6 Å². The molecule has 0 saturated heterocycles. The van der Waals surface area contributed by atoms with Crippen molar-refractivity contribution in [2.24, 2.45) is 0 Å². The van der Waals surface area contributed by atoms with Crippen LogP contribution in [-0.2, 0) is 11.0 Å². The van der Waals surface area contributed by atoms with E-state index in [-0.39, 0.29) is 11.4 Å². The number of carbonyl (C=O) groups is 1. The fourth-order valence-corrected chi connectivity index (χ4v) is 3.97. The number of hydrogen-bond acceptors (Lipinski definition) is 4. The number of thiazole rings is 1. The summed E-state index contributed by atoms with van der Waals surface area (Å²) in [6.07, 6.45) is -4.52. The van der Waals surface area contributed by atoms with Gasteiger partial charge in [0, 0.05) is 10.9 Å². The van der Waals surface area contributed by atoms with Gasteiger partial charge in [0.05, 0.1) is 22.7 Å². The molecule has 1 amide bonds. The summed E-state index contributed by atoms with van der Waals surface area (Å²) in [6, 6.07) is 12.9. The van der Waals surface area contributed by atoms with Crippen LogP contribution in [0.25, 0.3) is 11.3 Å². The van der Waals surface area contributed by atoms with Crippen LogP contribution < -0.4 is 5.32 Å². The third kappa shape index (κ3) is 5.11. The van der Waals surface area contributed by atoms with Crippen molar-refractivity contribution < 1.29 is 18.0 Å². The van der Waals surface area contributed by atoms with Gasteiger partial charge in [0.1, 0.15) is 0 Å². The Hall–Kier alpha value is -2.32. The summed E-state index contributed by atoms with van der Waals surface area (Å²) in [5.74, 6) is -0.531. The van der Waals surface area contributed by atoms with E-state index >= 15 is 0 Å². The Morgan fingerprint density at radius 3 is 2.56 bits per heavy atom. The molecule has 2 aromatic carbocycles. The zero-order valence-electron chi connectivity index (χ0n) is 14.2. The zero-order chi connectivity index (χ0) is 19.4. The summed E-state index contributed by atoms with van der Waals surface area (Å²) in [4.78, 5) is 16.5. The Morgan fingerprint density at radius 2 is 1.85 bits per heavy atom. The normalized spacial score (nSPS) is 11.4. The van der Waals surface area contributed by atoms with Crippen LogP contribution in [-0.4, -0.2) is 16.6 Å². The maximum absolute atomic E-state index is 13.0. The van der Waals surface area contributed by atoms with Crippen LogP contribution in [0.3, 0.4) is 0 Å². The van der Waals surface area contributed by atoms with Crippen molar-refractivity contribution in [3.8, 4) is 11.3 Å². The molecule has 1 N–H and O–H groups in total. The van der Waals surface area contributed by atoms with Crippen LogP contribution in [0.2, 0.25) is 0 Å². The fraction of sp³-hybridized carbons (Fsp3) is 0.158. The molecule has 27 heavy (non-hydrogen) atoms. The van der Waals surface area contributed by atoms with Gasteiger partial charge in [0.15, 0.2) is 4.34 Å². The average Bonchev–Trinajstić information content (AvgIpc) is 3.09. The van der Waals surface area contributed by atoms with Crippen molar-refractivity contribution in [1.82, 2.24) is 4.98 Å². The van der Waals surface area contributed by atoms with Crippen LogP contribution >= 0.6 is 23.1 Å². The minimum Gasteiger partial charge on any atom is -0.325 e. The largest absolute Gasteiger partial charge is 0.418 e. The number of amides is 1. The SMILES string of the molecule is Cc1ccc(-c2csc(SCC(=O)Nc3ccccc3C(F)(F)F)n2)cc1. The molecule has 0 aliphatic rings. The van der Waals surface area contributed by atoms with Crippen LogP contribution in [0.4, 0.5) is 18.9 Å². The molecule has 0 aliphatic carbocycles. The van der Waals surface area contributed by atoms with Gasteiger partial charge in [-0.3, -0.25) is 4.79 Å². The lowest BCUT2D eigenvalue weighted by Gasteiger charge is -2.13. The summed E-state index contributed by atoms with van der Waals surface area (Å²) in [5.41, 5.74) is 1.84. The summed E-state index contributed by atoms with van der Waals surface area (Å²) in [7, 11) is 0. The molecule has 3 nitrogen and oxygen atoms in total. The Kier molecular flexibility index (Phi) is 5.86. The predicted molar refractivity (Wildman–Crippen MR) is 103 cm³/mol. The number of alkyl halides is 3. The van der Waals surface area contributed by atoms with Crippen molar-refractivity contribution in [3.63, 3.8) is 0 Å². The van der Waals surface area contributed by atoms with E-state index in [0.29, 0.717) is 4.34 Å². The molecule has 0 radical (unpaired) electrons. The first-order valence-corrected chi connectivity index (χ1v) is 9.81. The monoisotopic (exact) mass is 408 g/mol. The number of para-hydroxylation sites is 1. The van der Waals surface area contributed by atoms with E-state index in [4.69, 9.17) is 0 Å². The number of halogens is 3. The molecule has 8 heteroatoms. The van der Waals surface area contributed by atoms with Crippen molar-refractivity contribution in [1.29, 1.82) is 0 Å². The molecule has 0 bridgehead atoms. The summed E-state index contributed by atoms with van der Waals surface area (Å²) < 4.78 is 39.6. The van der Waals surface area contributed by atoms with Gasteiger partial charge in [-0.2, -0.15) is 13.2 Å². The smallest absolute Gasteiger partial charge is 0.325 e. The Balaban J connectivity index is 1.61. The van der Waals surface area contributed by atoms with E-state index in [9.17, 15) is 18.0 Å². The quantitative estimate of drug-likeness (QED) is 0.537. The summed E-state index contributed by atoms with van der Waals surface area (Å²) in [6.45, 7) is 2.00. The Morgan fingerprint density at radius 1 is 1.15 bits per heavy atom. The van der Waals surface area contributed by atoms with Crippen molar-refractivity contribution >= 4 is 34.7 Å². The molecule has 0 saturated carbocycles. The zero-order valence-corrected chi connectivity index (χ0v) is 15.8. The van der Waals surface area contributed by atoms with Gasteiger partial charge in [-0.05, 0) is 19.1 Å². The Labute approximate surface area is 162 Å². The highest BCUT2D eigenvalue weighted by Crippen LogP contribution is 2.35. The number of thioether (sulfide) groups is 1. The first-order chi connectivity index (χ1) is 12.8. The number of anilines is 1. The fourth-order valence-electron chi connectivity index (χ4n) is 2.33. The highest BCUT2D eigenvalue weighted by molar-refractivity contribution is 8.01. The second-order valence-electron chi connectivity index (χ2n) is 5.74. The highest BCUT2D eigenvalue weighted by atomic mass is 32.2. The molecule has 140 valence electrons.